The van der Waals surface area contributed by atoms with Crippen molar-refractivity contribution >= 4 is 17.5 Å². The highest BCUT2D eigenvalue weighted by atomic mass is 35.5. The van der Waals surface area contributed by atoms with Crippen LogP contribution in [0.15, 0.2) is 12.1 Å². The number of hydrogen-bond acceptors (Lipinski definition) is 4. The predicted molar refractivity (Wildman–Crippen MR) is 73.9 cm³/mol. The van der Waals surface area contributed by atoms with Crippen molar-refractivity contribution in [2.45, 2.75) is 13.0 Å². The Morgan fingerprint density at radius 1 is 1.50 bits per heavy atom. The zero-order chi connectivity index (χ0) is 14.5. The van der Waals surface area contributed by atoms with Gasteiger partial charge in [-0.15, -0.1) is 0 Å². The molecule has 5 nitrogen and oxygen atoms in total. The number of aliphatic hydroxyl groups excluding tert-OH is 1. The summed E-state index contributed by atoms with van der Waals surface area (Å²) in [6.07, 6.45) is -0.897. The molecular formula is C14H14ClNO4. The number of aliphatic hydroxyl groups is 1. The van der Waals surface area contributed by atoms with Crippen molar-refractivity contribution in [2.24, 2.45) is 0 Å². The number of carbonyl (C=O) groups is 1. The molecule has 1 unspecified atom stereocenters. The highest BCUT2D eigenvalue weighted by molar-refractivity contribution is 6.32. The number of benzene rings is 1. The smallest absolute Gasteiger partial charge is 0.295 e. The second-order valence-electron chi connectivity index (χ2n) is 4.13. The summed E-state index contributed by atoms with van der Waals surface area (Å²) in [6, 6.07) is 3.25. The molecule has 1 aromatic rings. The van der Waals surface area contributed by atoms with Crippen molar-refractivity contribution < 1.29 is 19.4 Å². The molecule has 0 saturated carbocycles. The number of amides is 1. The van der Waals surface area contributed by atoms with Crippen LogP contribution < -0.4 is 14.8 Å². The Kier molecular flexibility index (Phi) is 4.72. The summed E-state index contributed by atoms with van der Waals surface area (Å²) in [5, 5.41) is 12.9. The minimum atomic E-state index is -0.897. The Bertz CT molecular complexity index is 577. The van der Waals surface area contributed by atoms with E-state index in [9.17, 15) is 9.90 Å². The van der Waals surface area contributed by atoms with Gasteiger partial charge >= 0.3 is 0 Å². The summed E-state index contributed by atoms with van der Waals surface area (Å²) in [6.45, 7) is 2.49. The highest BCUT2D eigenvalue weighted by Gasteiger charge is 2.19. The van der Waals surface area contributed by atoms with Crippen LogP contribution in [0.25, 0.3) is 0 Å². The van der Waals surface area contributed by atoms with Crippen LogP contribution in [-0.2, 0) is 4.79 Å². The first kappa shape index (κ1) is 14.5. The van der Waals surface area contributed by atoms with Crippen LogP contribution in [0.1, 0.15) is 18.6 Å². The molecule has 0 aliphatic carbocycles. The van der Waals surface area contributed by atoms with E-state index in [0.29, 0.717) is 35.3 Å². The molecule has 1 aromatic carbocycles. The molecule has 0 aromatic heterocycles. The van der Waals surface area contributed by atoms with Crippen LogP contribution in [0.5, 0.6) is 11.5 Å². The SMILES string of the molecule is CC#CC(=O)NCC(O)c1cc(Cl)c2c(c1)OCCO2. The van der Waals surface area contributed by atoms with Crippen LogP contribution in [0.4, 0.5) is 0 Å². The maximum atomic E-state index is 11.2. The Balaban J connectivity index is 2.09. The van der Waals surface area contributed by atoms with Gasteiger partial charge in [-0.3, -0.25) is 4.79 Å². The van der Waals surface area contributed by atoms with E-state index in [2.05, 4.69) is 17.2 Å². The standard InChI is InChI=1S/C14H14ClNO4/c1-2-3-13(18)16-8-11(17)9-6-10(15)14-12(7-9)19-4-5-20-14/h6-7,11,17H,4-5,8H2,1H3,(H,16,18). The second-order valence-corrected chi connectivity index (χ2v) is 4.53. The molecule has 6 heteroatoms. The Morgan fingerprint density at radius 2 is 2.25 bits per heavy atom. The van der Waals surface area contributed by atoms with E-state index >= 15 is 0 Å². The lowest BCUT2D eigenvalue weighted by Crippen LogP contribution is -2.27. The zero-order valence-corrected chi connectivity index (χ0v) is 11.7. The lowest BCUT2D eigenvalue weighted by molar-refractivity contribution is -0.116. The molecule has 2 rings (SSSR count). The first-order valence-corrected chi connectivity index (χ1v) is 6.47. The van der Waals surface area contributed by atoms with Crippen LogP contribution >= 0.6 is 11.6 Å². The fourth-order valence-electron chi connectivity index (χ4n) is 1.79. The van der Waals surface area contributed by atoms with Crippen molar-refractivity contribution in [3.63, 3.8) is 0 Å². The number of ether oxygens (including phenoxy) is 2. The van der Waals surface area contributed by atoms with E-state index in [1.54, 1.807) is 19.1 Å². The normalized spacial score (nSPS) is 13.9. The van der Waals surface area contributed by atoms with Gasteiger partial charge in [0.1, 0.15) is 13.2 Å². The van der Waals surface area contributed by atoms with Crippen molar-refractivity contribution in [3.8, 4) is 23.3 Å². The lowest BCUT2D eigenvalue weighted by atomic mass is 10.1. The van der Waals surface area contributed by atoms with Gasteiger partial charge in [-0.2, -0.15) is 0 Å². The van der Waals surface area contributed by atoms with E-state index in [4.69, 9.17) is 21.1 Å². The van der Waals surface area contributed by atoms with Crippen LogP contribution in [0, 0.1) is 11.8 Å². The van der Waals surface area contributed by atoms with Gasteiger partial charge < -0.3 is 19.9 Å². The molecular weight excluding hydrogens is 282 g/mol. The van der Waals surface area contributed by atoms with Crippen LogP contribution in [0.3, 0.4) is 0 Å². The number of hydrogen-bond donors (Lipinski definition) is 2. The molecule has 0 fully saturated rings. The fraction of sp³-hybridized carbons (Fsp3) is 0.357. The number of carbonyl (C=O) groups excluding carboxylic acids is 1. The molecule has 0 radical (unpaired) electrons. The summed E-state index contributed by atoms with van der Waals surface area (Å²) < 4.78 is 10.8. The Morgan fingerprint density at radius 3 is 3.00 bits per heavy atom. The van der Waals surface area contributed by atoms with Gasteiger partial charge in [0.2, 0.25) is 0 Å². The van der Waals surface area contributed by atoms with E-state index < -0.39 is 12.0 Å². The Labute approximate surface area is 121 Å². The molecule has 1 atom stereocenters. The van der Waals surface area contributed by atoms with Gasteiger partial charge in [0.25, 0.3) is 5.91 Å². The maximum Gasteiger partial charge on any atom is 0.295 e. The summed E-state index contributed by atoms with van der Waals surface area (Å²) in [5.74, 6) is 5.36. The monoisotopic (exact) mass is 295 g/mol. The number of rotatable bonds is 3. The molecule has 106 valence electrons. The van der Waals surface area contributed by atoms with E-state index in [-0.39, 0.29) is 6.54 Å². The molecule has 1 amide bonds. The van der Waals surface area contributed by atoms with E-state index in [1.807, 2.05) is 0 Å². The average Bonchev–Trinajstić information content (AvgIpc) is 2.45. The molecule has 0 saturated heterocycles. The minimum absolute atomic E-state index is 0.0451. The summed E-state index contributed by atoms with van der Waals surface area (Å²) >= 11 is 6.08. The minimum Gasteiger partial charge on any atom is -0.486 e. The summed E-state index contributed by atoms with van der Waals surface area (Å²) in [7, 11) is 0. The van der Waals surface area contributed by atoms with Gasteiger partial charge in [0.15, 0.2) is 11.5 Å². The molecule has 20 heavy (non-hydrogen) atoms. The topological polar surface area (TPSA) is 67.8 Å². The third-order valence-electron chi connectivity index (χ3n) is 2.70. The quantitative estimate of drug-likeness (QED) is 0.825. The van der Waals surface area contributed by atoms with Gasteiger partial charge in [-0.05, 0) is 30.5 Å². The van der Waals surface area contributed by atoms with E-state index in [1.165, 1.54) is 0 Å². The number of fused-ring (bicyclic) bond motifs is 1. The summed E-state index contributed by atoms with van der Waals surface area (Å²) in [5.41, 5.74) is 0.545. The van der Waals surface area contributed by atoms with Crippen molar-refractivity contribution in [2.75, 3.05) is 19.8 Å². The molecule has 0 bridgehead atoms. The van der Waals surface area contributed by atoms with Crippen molar-refractivity contribution in [1.82, 2.24) is 5.32 Å². The van der Waals surface area contributed by atoms with Crippen molar-refractivity contribution in [1.29, 1.82) is 0 Å². The largest absolute Gasteiger partial charge is 0.486 e. The van der Waals surface area contributed by atoms with Crippen LogP contribution in [-0.4, -0.2) is 30.8 Å². The first-order chi connectivity index (χ1) is 9.61. The van der Waals surface area contributed by atoms with Gasteiger partial charge in [0.05, 0.1) is 11.1 Å². The molecule has 1 heterocycles. The predicted octanol–water partition coefficient (Wildman–Crippen LogP) is 1.28. The second kappa shape index (κ2) is 6.51. The number of nitrogens with one attached hydrogen (secondary N) is 1. The fourth-order valence-corrected chi connectivity index (χ4v) is 2.06. The van der Waals surface area contributed by atoms with Gasteiger partial charge in [-0.1, -0.05) is 17.5 Å². The first-order valence-electron chi connectivity index (χ1n) is 6.09. The third kappa shape index (κ3) is 3.35. The van der Waals surface area contributed by atoms with Gasteiger partial charge in [-0.25, -0.2) is 0 Å². The Hall–Kier alpha value is -1.90. The van der Waals surface area contributed by atoms with E-state index in [0.717, 1.165) is 0 Å². The average molecular weight is 296 g/mol. The van der Waals surface area contributed by atoms with Gasteiger partial charge in [0, 0.05) is 6.54 Å². The molecule has 1 aliphatic rings. The molecule has 2 N–H and O–H groups in total. The highest BCUT2D eigenvalue weighted by Crippen LogP contribution is 2.39. The molecule has 0 spiro atoms. The lowest BCUT2D eigenvalue weighted by Gasteiger charge is -2.21. The van der Waals surface area contributed by atoms with Crippen LogP contribution in [0.2, 0.25) is 5.02 Å². The summed E-state index contributed by atoms with van der Waals surface area (Å²) in [4.78, 5) is 11.2. The number of halogens is 1. The van der Waals surface area contributed by atoms with Crippen molar-refractivity contribution in [3.05, 3.63) is 22.7 Å². The zero-order valence-electron chi connectivity index (χ0n) is 10.9. The molecule has 1 aliphatic heterocycles. The maximum absolute atomic E-state index is 11.2. The third-order valence-corrected chi connectivity index (χ3v) is 2.98.